The first kappa shape index (κ1) is 24.6. The molecule has 0 unspecified atom stereocenters. The number of amides is 2. The zero-order valence-corrected chi connectivity index (χ0v) is 18.1. The van der Waals surface area contributed by atoms with Crippen molar-refractivity contribution in [1.82, 2.24) is 10.3 Å². The van der Waals surface area contributed by atoms with E-state index in [1.807, 2.05) is 0 Å². The first-order valence-corrected chi connectivity index (χ1v) is 10.2. The molecule has 0 saturated carbocycles. The van der Waals surface area contributed by atoms with Crippen molar-refractivity contribution >= 4 is 22.7 Å². The number of aromatic nitrogens is 1. The number of carbonyl (C=O) groups is 2. The lowest BCUT2D eigenvalue weighted by molar-refractivity contribution is -0.139. The molecular formula is C23H22F3N3O5. The molecule has 2 amide bonds. The molecule has 11 heteroatoms. The van der Waals surface area contributed by atoms with Crippen molar-refractivity contribution in [3.8, 4) is 17.2 Å². The fraction of sp³-hybridized carbons (Fsp3) is 0.261. The number of nitrogens with one attached hydrogen (secondary N) is 1. The summed E-state index contributed by atoms with van der Waals surface area (Å²) in [5.41, 5.74) is 5.45. The maximum absolute atomic E-state index is 12.6. The van der Waals surface area contributed by atoms with E-state index in [-0.39, 0.29) is 35.1 Å². The summed E-state index contributed by atoms with van der Waals surface area (Å²) in [5.74, 6) is -1.31. The second-order valence-corrected chi connectivity index (χ2v) is 7.42. The predicted octanol–water partition coefficient (Wildman–Crippen LogP) is 3.57. The fourth-order valence-electron chi connectivity index (χ4n) is 3.05. The van der Waals surface area contributed by atoms with Gasteiger partial charge in [0, 0.05) is 17.5 Å². The van der Waals surface area contributed by atoms with Gasteiger partial charge >= 0.3 is 6.18 Å². The minimum atomic E-state index is -4.36. The number of ether oxygens (including phenoxy) is 2. The van der Waals surface area contributed by atoms with Gasteiger partial charge in [-0.05, 0) is 31.2 Å². The highest BCUT2D eigenvalue weighted by Gasteiger charge is 2.27. The summed E-state index contributed by atoms with van der Waals surface area (Å²) >= 11 is 0. The minimum absolute atomic E-state index is 0.0311. The fourth-order valence-corrected chi connectivity index (χ4v) is 3.05. The van der Waals surface area contributed by atoms with Gasteiger partial charge in [-0.15, -0.1) is 0 Å². The molecule has 0 spiro atoms. The number of halogens is 3. The molecule has 180 valence electrons. The number of pyridine rings is 1. The number of benzene rings is 2. The van der Waals surface area contributed by atoms with Crippen molar-refractivity contribution in [2.75, 3.05) is 13.2 Å². The Kier molecular flexibility index (Phi) is 7.44. The number of alkyl halides is 3. The van der Waals surface area contributed by atoms with Crippen LogP contribution in [0.4, 0.5) is 13.2 Å². The van der Waals surface area contributed by atoms with Gasteiger partial charge in [0.25, 0.3) is 11.8 Å². The predicted molar refractivity (Wildman–Crippen MR) is 117 cm³/mol. The Morgan fingerprint density at radius 3 is 2.59 bits per heavy atom. The standard InChI is InChI=1S/C23H22F3N3O5/c1-13(34-14-6-7-16(21(27)31)19(30)10-14)12-28-22(32)18-11-20(33-9-8-23(24,25)26)15-4-2-3-5-17(15)29-18/h2-7,10-11,13,30H,8-9,12H2,1H3,(H2,27,31)(H,28,32)/t13-/m1/s1. The molecule has 8 nitrogen and oxygen atoms in total. The van der Waals surface area contributed by atoms with Crippen molar-refractivity contribution in [1.29, 1.82) is 0 Å². The van der Waals surface area contributed by atoms with Crippen LogP contribution in [-0.2, 0) is 0 Å². The van der Waals surface area contributed by atoms with Crippen molar-refractivity contribution in [2.45, 2.75) is 25.6 Å². The minimum Gasteiger partial charge on any atom is -0.507 e. The van der Waals surface area contributed by atoms with Crippen LogP contribution in [0, 0.1) is 0 Å². The lowest BCUT2D eigenvalue weighted by atomic mass is 10.1. The molecule has 1 heterocycles. The van der Waals surface area contributed by atoms with Crippen LogP contribution < -0.4 is 20.5 Å². The average Bonchev–Trinajstić information content (AvgIpc) is 2.76. The molecule has 0 radical (unpaired) electrons. The van der Waals surface area contributed by atoms with Gasteiger partial charge in [0.15, 0.2) is 0 Å². The molecule has 34 heavy (non-hydrogen) atoms. The normalized spacial score (nSPS) is 12.2. The highest BCUT2D eigenvalue weighted by atomic mass is 19.4. The van der Waals surface area contributed by atoms with Crippen LogP contribution in [0.2, 0.25) is 0 Å². The van der Waals surface area contributed by atoms with E-state index in [1.165, 1.54) is 24.3 Å². The third-order valence-electron chi connectivity index (χ3n) is 4.68. The van der Waals surface area contributed by atoms with Gasteiger partial charge in [-0.3, -0.25) is 9.59 Å². The van der Waals surface area contributed by atoms with E-state index in [0.29, 0.717) is 10.9 Å². The Bertz CT molecular complexity index is 1200. The Hall–Kier alpha value is -4.02. The van der Waals surface area contributed by atoms with E-state index >= 15 is 0 Å². The van der Waals surface area contributed by atoms with Crippen LogP contribution in [0.3, 0.4) is 0 Å². The van der Waals surface area contributed by atoms with Gasteiger partial charge in [-0.2, -0.15) is 13.2 Å². The summed E-state index contributed by atoms with van der Waals surface area (Å²) in [7, 11) is 0. The molecule has 1 aromatic heterocycles. The summed E-state index contributed by atoms with van der Waals surface area (Å²) in [5, 5.41) is 12.9. The van der Waals surface area contributed by atoms with Gasteiger partial charge < -0.3 is 25.6 Å². The average molecular weight is 477 g/mol. The molecule has 3 aromatic rings. The molecule has 0 aliphatic heterocycles. The number of para-hydroxylation sites is 1. The van der Waals surface area contributed by atoms with Crippen molar-refractivity contribution < 1.29 is 37.3 Å². The number of hydrogen-bond acceptors (Lipinski definition) is 6. The number of carbonyl (C=O) groups excluding carboxylic acids is 2. The maximum Gasteiger partial charge on any atom is 0.392 e. The van der Waals surface area contributed by atoms with Gasteiger partial charge in [0.1, 0.15) is 29.0 Å². The lowest BCUT2D eigenvalue weighted by Gasteiger charge is -2.16. The Balaban J connectivity index is 1.67. The summed E-state index contributed by atoms with van der Waals surface area (Å²) in [6.45, 7) is 1.12. The first-order chi connectivity index (χ1) is 16.0. The van der Waals surface area contributed by atoms with Crippen LogP contribution in [0.1, 0.15) is 34.2 Å². The number of hydrogen-bond donors (Lipinski definition) is 3. The molecule has 3 rings (SSSR count). The van der Waals surface area contributed by atoms with E-state index in [9.17, 15) is 27.9 Å². The van der Waals surface area contributed by atoms with Crippen LogP contribution in [0.15, 0.2) is 48.5 Å². The Morgan fingerprint density at radius 2 is 1.91 bits per heavy atom. The molecule has 0 aliphatic carbocycles. The third-order valence-corrected chi connectivity index (χ3v) is 4.68. The van der Waals surface area contributed by atoms with Gasteiger partial charge in [-0.1, -0.05) is 12.1 Å². The van der Waals surface area contributed by atoms with E-state index in [1.54, 1.807) is 31.2 Å². The molecule has 0 aliphatic rings. The number of nitrogens with two attached hydrogens (primary N) is 1. The zero-order valence-electron chi connectivity index (χ0n) is 18.1. The quantitative estimate of drug-likeness (QED) is 0.433. The molecule has 0 bridgehead atoms. The molecule has 0 fully saturated rings. The van der Waals surface area contributed by atoms with E-state index in [0.717, 1.165) is 0 Å². The smallest absolute Gasteiger partial charge is 0.392 e. The number of rotatable bonds is 9. The number of primary amides is 1. The van der Waals surface area contributed by atoms with Gasteiger partial charge in [0.05, 0.1) is 30.7 Å². The van der Waals surface area contributed by atoms with Crippen LogP contribution >= 0.6 is 0 Å². The second kappa shape index (κ2) is 10.3. The Labute approximate surface area is 192 Å². The molecule has 4 N–H and O–H groups in total. The largest absolute Gasteiger partial charge is 0.507 e. The second-order valence-electron chi connectivity index (χ2n) is 7.42. The number of aromatic hydroxyl groups is 1. The maximum atomic E-state index is 12.6. The van der Waals surface area contributed by atoms with Gasteiger partial charge in [0.2, 0.25) is 0 Å². The molecular weight excluding hydrogens is 455 g/mol. The van der Waals surface area contributed by atoms with Crippen LogP contribution in [0.25, 0.3) is 10.9 Å². The lowest BCUT2D eigenvalue weighted by Crippen LogP contribution is -2.34. The monoisotopic (exact) mass is 477 g/mol. The van der Waals surface area contributed by atoms with Crippen molar-refractivity contribution in [2.24, 2.45) is 5.73 Å². The highest BCUT2D eigenvalue weighted by molar-refractivity contribution is 5.97. The van der Waals surface area contributed by atoms with E-state index < -0.39 is 37.1 Å². The summed E-state index contributed by atoms with van der Waals surface area (Å²) in [6, 6.07) is 11.9. The van der Waals surface area contributed by atoms with E-state index in [4.69, 9.17) is 15.2 Å². The Morgan fingerprint density at radius 1 is 1.18 bits per heavy atom. The number of nitrogens with zero attached hydrogens (tertiary/aromatic N) is 1. The third kappa shape index (κ3) is 6.50. The molecule has 2 aromatic carbocycles. The number of phenols is 1. The molecule has 1 atom stereocenters. The topological polar surface area (TPSA) is 124 Å². The van der Waals surface area contributed by atoms with Crippen LogP contribution in [-0.4, -0.2) is 47.3 Å². The van der Waals surface area contributed by atoms with E-state index in [2.05, 4.69) is 10.3 Å². The number of fused-ring (bicyclic) bond motifs is 1. The zero-order chi connectivity index (χ0) is 24.9. The van der Waals surface area contributed by atoms with Crippen molar-refractivity contribution in [3.63, 3.8) is 0 Å². The van der Waals surface area contributed by atoms with Gasteiger partial charge in [-0.25, -0.2) is 4.98 Å². The SMILES string of the molecule is C[C@H](CNC(=O)c1cc(OCCC(F)(F)F)c2ccccc2n1)Oc1ccc(C(N)=O)c(O)c1. The molecule has 0 saturated heterocycles. The first-order valence-electron chi connectivity index (χ1n) is 10.2. The van der Waals surface area contributed by atoms with Crippen molar-refractivity contribution in [3.05, 3.63) is 59.8 Å². The summed E-state index contributed by atoms with van der Waals surface area (Å²) in [4.78, 5) is 28.1. The van der Waals surface area contributed by atoms with Crippen LogP contribution in [0.5, 0.6) is 17.2 Å². The summed E-state index contributed by atoms with van der Waals surface area (Å²) < 4.78 is 48.4. The highest BCUT2D eigenvalue weighted by Crippen LogP contribution is 2.27. The summed E-state index contributed by atoms with van der Waals surface area (Å²) in [6.07, 6.45) is -6.03.